The van der Waals surface area contributed by atoms with Crippen LogP contribution in [0.4, 0.5) is 5.69 Å². The highest BCUT2D eigenvalue weighted by atomic mass is 16.5. The number of rotatable bonds is 10. The molecular formula is C27H36N2O3. The Morgan fingerprint density at radius 1 is 1.03 bits per heavy atom. The second-order valence-electron chi connectivity index (χ2n) is 8.78. The summed E-state index contributed by atoms with van der Waals surface area (Å²) >= 11 is 0. The fraction of sp³-hybridized carbons (Fsp3) is 0.481. The second-order valence-corrected chi connectivity index (χ2v) is 8.78. The Morgan fingerprint density at radius 2 is 1.72 bits per heavy atom. The van der Waals surface area contributed by atoms with Gasteiger partial charge in [-0.15, -0.1) is 0 Å². The molecule has 5 nitrogen and oxygen atoms in total. The molecule has 1 saturated carbocycles. The smallest absolute Gasteiger partial charge is 0.251 e. The fourth-order valence-electron chi connectivity index (χ4n) is 4.51. The first-order valence-corrected chi connectivity index (χ1v) is 11.7. The molecule has 0 spiro atoms. The molecule has 1 N–H and O–H groups in total. The highest BCUT2D eigenvalue weighted by Crippen LogP contribution is 2.29. The van der Waals surface area contributed by atoms with Crippen molar-refractivity contribution in [3.63, 3.8) is 0 Å². The summed E-state index contributed by atoms with van der Waals surface area (Å²) in [5.41, 5.74) is 4.96. The third-order valence-electron chi connectivity index (χ3n) is 6.26. The van der Waals surface area contributed by atoms with Crippen LogP contribution in [-0.4, -0.2) is 38.1 Å². The minimum atomic E-state index is -0.0224. The highest BCUT2D eigenvalue weighted by molar-refractivity contribution is 5.95. The summed E-state index contributed by atoms with van der Waals surface area (Å²) in [4.78, 5) is 26.8. The molecule has 5 heteroatoms. The van der Waals surface area contributed by atoms with Crippen LogP contribution in [0.1, 0.15) is 72.5 Å². The van der Waals surface area contributed by atoms with E-state index in [9.17, 15) is 9.59 Å². The Labute approximate surface area is 192 Å². The topological polar surface area (TPSA) is 58.6 Å². The molecule has 0 radical (unpaired) electrons. The average Bonchev–Trinajstić information content (AvgIpc) is 3.30. The van der Waals surface area contributed by atoms with Gasteiger partial charge in [-0.25, -0.2) is 0 Å². The van der Waals surface area contributed by atoms with Gasteiger partial charge in [0.1, 0.15) is 0 Å². The maximum atomic E-state index is 12.6. The number of aryl methyl sites for hydroxylation is 1. The number of unbranched alkanes of at least 4 members (excludes halogenated alkanes) is 1. The van der Waals surface area contributed by atoms with Gasteiger partial charge in [0, 0.05) is 44.5 Å². The summed E-state index contributed by atoms with van der Waals surface area (Å²) in [7, 11) is 1.69. The number of nitrogens with zero attached hydrogens (tertiary/aromatic N) is 1. The normalized spacial score (nSPS) is 13.8. The molecule has 0 aliphatic heterocycles. The van der Waals surface area contributed by atoms with Gasteiger partial charge in [0.25, 0.3) is 5.91 Å². The van der Waals surface area contributed by atoms with Crippen molar-refractivity contribution in [1.82, 2.24) is 5.32 Å². The monoisotopic (exact) mass is 436 g/mol. The van der Waals surface area contributed by atoms with Gasteiger partial charge in [-0.05, 0) is 73.9 Å². The third-order valence-corrected chi connectivity index (χ3v) is 6.26. The van der Waals surface area contributed by atoms with Crippen LogP contribution in [0, 0.1) is 6.92 Å². The lowest BCUT2D eigenvalue weighted by Gasteiger charge is -2.28. The van der Waals surface area contributed by atoms with Crippen molar-refractivity contribution in [1.29, 1.82) is 0 Å². The molecular weight excluding hydrogens is 400 g/mol. The predicted molar refractivity (Wildman–Crippen MR) is 129 cm³/mol. The third kappa shape index (κ3) is 6.42. The molecule has 0 heterocycles. The summed E-state index contributed by atoms with van der Waals surface area (Å²) in [6.07, 6.45) is 7.16. The van der Waals surface area contributed by atoms with Gasteiger partial charge in [0.2, 0.25) is 5.91 Å². The molecule has 0 saturated heterocycles. The first-order valence-electron chi connectivity index (χ1n) is 11.7. The van der Waals surface area contributed by atoms with E-state index >= 15 is 0 Å². The van der Waals surface area contributed by atoms with Crippen LogP contribution < -0.4 is 10.2 Å². The zero-order valence-corrected chi connectivity index (χ0v) is 19.7. The molecule has 1 aliphatic carbocycles. The molecule has 2 aromatic rings. The van der Waals surface area contributed by atoms with Crippen molar-refractivity contribution in [3.8, 4) is 0 Å². The van der Waals surface area contributed by atoms with E-state index in [4.69, 9.17) is 4.74 Å². The van der Waals surface area contributed by atoms with Gasteiger partial charge in [-0.3, -0.25) is 9.59 Å². The lowest BCUT2D eigenvalue weighted by molar-refractivity contribution is -0.117. The molecule has 0 bridgehead atoms. The van der Waals surface area contributed by atoms with E-state index < -0.39 is 0 Å². The van der Waals surface area contributed by atoms with E-state index in [-0.39, 0.29) is 11.8 Å². The number of carbonyl (C=O) groups is 2. The maximum absolute atomic E-state index is 12.6. The Hall–Kier alpha value is -2.66. The van der Waals surface area contributed by atoms with E-state index in [0.29, 0.717) is 19.2 Å². The number of hydrogen-bond donors (Lipinski definition) is 1. The van der Waals surface area contributed by atoms with Crippen LogP contribution in [0.5, 0.6) is 0 Å². The number of benzene rings is 2. The first kappa shape index (κ1) is 24.0. The number of amides is 2. The fourth-order valence-corrected chi connectivity index (χ4v) is 4.51. The van der Waals surface area contributed by atoms with E-state index in [0.717, 1.165) is 54.5 Å². The van der Waals surface area contributed by atoms with E-state index in [2.05, 4.69) is 35.6 Å². The number of nitrogens with one attached hydrogen (secondary N) is 1. The summed E-state index contributed by atoms with van der Waals surface area (Å²) in [6.45, 7) is 5.00. The number of anilines is 1. The number of hydrogen-bond acceptors (Lipinski definition) is 3. The second kappa shape index (κ2) is 11.8. The van der Waals surface area contributed by atoms with Crippen LogP contribution in [0.3, 0.4) is 0 Å². The summed E-state index contributed by atoms with van der Waals surface area (Å²) in [5.74, 6) is 0.0897. The Morgan fingerprint density at radius 3 is 2.38 bits per heavy atom. The molecule has 0 aromatic heterocycles. The molecule has 3 rings (SSSR count). The summed E-state index contributed by atoms with van der Waals surface area (Å²) in [5, 5.41) is 3.01. The molecule has 2 amide bonds. The Kier molecular flexibility index (Phi) is 8.86. The number of methoxy groups -OCH3 is 1. The first-order chi connectivity index (χ1) is 15.5. The van der Waals surface area contributed by atoms with E-state index in [1.54, 1.807) is 14.0 Å². The quantitative estimate of drug-likeness (QED) is 0.531. The predicted octanol–water partition coefficient (Wildman–Crippen LogP) is 5.04. The van der Waals surface area contributed by atoms with Crippen LogP contribution in [-0.2, 0) is 16.0 Å². The van der Waals surface area contributed by atoms with Crippen molar-refractivity contribution in [3.05, 3.63) is 64.7 Å². The molecule has 32 heavy (non-hydrogen) atoms. The zero-order chi connectivity index (χ0) is 22.9. The highest BCUT2D eigenvalue weighted by Gasteiger charge is 2.25. The molecule has 0 unspecified atom stereocenters. The van der Waals surface area contributed by atoms with Crippen LogP contribution in [0.2, 0.25) is 0 Å². The van der Waals surface area contributed by atoms with Crippen molar-refractivity contribution >= 4 is 17.5 Å². The molecule has 1 fully saturated rings. The van der Waals surface area contributed by atoms with Gasteiger partial charge in [-0.1, -0.05) is 37.1 Å². The van der Waals surface area contributed by atoms with Gasteiger partial charge in [-0.2, -0.15) is 0 Å². The maximum Gasteiger partial charge on any atom is 0.251 e. The van der Waals surface area contributed by atoms with E-state index in [1.165, 1.54) is 18.4 Å². The molecule has 172 valence electrons. The summed E-state index contributed by atoms with van der Waals surface area (Å²) in [6, 6.07) is 14.7. The zero-order valence-electron chi connectivity index (χ0n) is 19.7. The average molecular weight is 437 g/mol. The van der Waals surface area contributed by atoms with Gasteiger partial charge < -0.3 is 15.0 Å². The molecule has 1 aliphatic rings. The lowest BCUT2D eigenvalue weighted by Crippen LogP contribution is -2.37. The van der Waals surface area contributed by atoms with Crippen LogP contribution in [0.15, 0.2) is 42.5 Å². The van der Waals surface area contributed by atoms with Gasteiger partial charge >= 0.3 is 0 Å². The Balaban J connectivity index is 1.65. The van der Waals surface area contributed by atoms with Gasteiger partial charge in [0.05, 0.1) is 0 Å². The van der Waals surface area contributed by atoms with Crippen LogP contribution >= 0.6 is 0 Å². The van der Waals surface area contributed by atoms with Crippen LogP contribution in [0.25, 0.3) is 0 Å². The number of ether oxygens (including phenoxy) is 1. The van der Waals surface area contributed by atoms with Crippen molar-refractivity contribution in [2.24, 2.45) is 0 Å². The standard InChI is InChI=1S/C27H36N2O3/c1-20-10-11-23(19-26(20)27(31)28-16-6-7-17-32-3)18-22-12-14-25(15-13-22)29(21(2)30)24-8-4-5-9-24/h10-15,19,24H,4-9,16-18H2,1-3H3,(H,28,31). The number of carbonyl (C=O) groups excluding carboxylic acids is 2. The minimum Gasteiger partial charge on any atom is -0.385 e. The molecule has 0 atom stereocenters. The van der Waals surface area contributed by atoms with E-state index in [1.807, 2.05) is 24.0 Å². The minimum absolute atomic E-state index is 0.0224. The molecule has 2 aromatic carbocycles. The van der Waals surface area contributed by atoms with Crippen molar-refractivity contribution in [2.45, 2.75) is 64.8 Å². The lowest BCUT2D eigenvalue weighted by atomic mass is 9.99. The summed E-state index contributed by atoms with van der Waals surface area (Å²) < 4.78 is 5.05. The van der Waals surface area contributed by atoms with Crippen molar-refractivity contribution < 1.29 is 14.3 Å². The van der Waals surface area contributed by atoms with Gasteiger partial charge in [0.15, 0.2) is 0 Å². The SMILES string of the molecule is COCCCCNC(=O)c1cc(Cc2ccc(N(C(C)=O)C3CCCC3)cc2)ccc1C. The largest absolute Gasteiger partial charge is 0.385 e. The Bertz CT molecular complexity index is 902. The van der Waals surface area contributed by atoms with Crippen molar-refractivity contribution in [2.75, 3.05) is 25.2 Å².